The van der Waals surface area contributed by atoms with Gasteiger partial charge in [-0.05, 0) is 85.0 Å². The van der Waals surface area contributed by atoms with Crippen molar-refractivity contribution < 1.29 is 28.7 Å². The fraction of sp³-hybridized carbons (Fsp3) is 0.333. The number of halogens is 1. The predicted molar refractivity (Wildman–Crippen MR) is 197 cm³/mol. The number of likely N-dealkylation sites (tertiary alicyclic amines) is 1. The molecule has 3 unspecified atom stereocenters. The summed E-state index contributed by atoms with van der Waals surface area (Å²) in [6, 6.07) is 26.6. The summed E-state index contributed by atoms with van der Waals surface area (Å²) in [5, 5.41) is 19.3. The molecule has 4 N–H and O–H groups in total. The van der Waals surface area contributed by atoms with Crippen LogP contribution >= 0.6 is 0 Å². The molecule has 4 aromatic carbocycles. The third kappa shape index (κ3) is 7.80. The summed E-state index contributed by atoms with van der Waals surface area (Å²) in [6.07, 6.45) is 2.11. The van der Waals surface area contributed by atoms with Gasteiger partial charge in [-0.2, -0.15) is 0 Å². The topological polar surface area (TPSA) is 131 Å². The van der Waals surface area contributed by atoms with Gasteiger partial charge in [0.2, 0.25) is 11.8 Å². The van der Waals surface area contributed by atoms with Crippen LogP contribution in [0.4, 0.5) is 9.18 Å². The highest BCUT2D eigenvalue weighted by atomic mass is 19.1. The maximum Gasteiger partial charge on any atom is 0.408 e. The molecule has 2 aliphatic heterocycles. The van der Waals surface area contributed by atoms with E-state index in [1.807, 2.05) is 49.4 Å². The molecule has 0 aromatic heterocycles. The molecule has 10 nitrogen and oxygen atoms in total. The van der Waals surface area contributed by atoms with Crippen LogP contribution in [0.5, 0.6) is 0 Å². The van der Waals surface area contributed by atoms with Gasteiger partial charge in [-0.15, -0.1) is 0 Å². The number of fused-ring (bicyclic) bond motifs is 2. The molecule has 4 amide bonds. The van der Waals surface area contributed by atoms with Crippen LogP contribution in [-0.4, -0.2) is 63.4 Å². The fourth-order valence-corrected chi connectivity index (χ4v) is 8.02. The van der Waals surface area contributed by atoms with E-state index in [4.69, 9.17) is 0 Å². The van der Waals surface area contributed by atoms with Crippen LogP contribution in [0.25, 0.3) is 0 Å². The Morgan fingerprint density at radius 1 is 0.906 bits per heavy atom. The Bertz CT molecular complexity index is 2000. The molecule has 2 heterocycles. The minimum Gasteiger partial charge on any atom is -0.465 e. The first-order chi connectivity index (χ1) is 25.7. The lowest BCUT2D eigenvalue weighted by Crippen LogP contribution is -2.50. The van der Waals surface area contributed by atoms with Gasteiger partial charge in [0.15, 0.2) is 0 Å². The van der Waals surface area contributed by atoms with Gasteiger partial charge in [0.25, 0.3) is 5.91 Å². The highest BCUT2D eigenvalue weighted by Crippen LogP contribution is 2.31. The number of nitrogens with one attached hydrogen (secondary N) is 3. The van der Waals surface area contributed by atoms with Crippen LogP contribution in [0.2, 0.25) is 0 Å². The van der Waals surface area contributed by atoms with E-state index in [1.54, 1.807) is 47.4 Å². The molecule has 0 spiro atoms. The lowest BCUT2D eigenvalue weighted by atomic mass is 9.87. The summed E-state index contributed by atoms with van der Waals surface area (Å²) in [5.41, 5.74) is 6.03. The Labute approximate surface area is 308 Å². The quantitative estimate of drug-likeness (QED) is 0.177. The van der Waals surface area contributed by atoms with Crippen LogP contribution < -0.4 is 16.0 Å². The summed E-state index contributed by atoms with van der Waals surface area (Å²) < 4.78 is 15.0. The van der Waals surface area contributed by atoms with E-state index in [-0.39, 0.29) is 43.2 Å². The normalized spacial score (nSPS) is 21.1. The number of carbonyl (C=O) groups excluding carboxylic acids is 3. The molecule has 0 bridgehead atoms. The highest BCUT2D eigenvalue weighted by molar-refractivity contribution is 5.95. The second-order valence-electron chi connectivity index (χ2n) is 14.3. The minimum atomic E-state index is -1.22. The van der Waals surface area contributed by atoms with Crippen LogP contribution in [0.1, 0.15) is 82.0 Å². The van der Waals surface area contributed by atoms with E-state index in [0.717, 1.165) is 46.4 Å². The number of aryl methyl sites for hydroxylation is 1. The van der Waals surface area contributed by atoms with Crippen molar-refractivity contribution in [1.29, 1.82) is 0 Å². The average molecular weight is 718 g/mol. The van der Waals surface area contributed by atoms with Gasteiger partial charge in [-0.3, -0.25) is 19.3 Å². The molecule has 1 aliphatic carbocycles. The SMILES string of the molecule is C[C@H](c1ccccc1F)N(Cc1ccc(C(=O)NC2CC(C(=O)N[C@@H]3CCCc4ccccc43)N(C(=O)O)C2)cc1)C(=O)C1Cc2ccccc2CN1. The van der Waals surface area contributed by atoms with Crippen molar-refractivity contribution in [3.63, 3.8) is 0 Å². The molecule has 53 heavy (non-hydrogen) atoms. The molecule has 4 aromatic rings. The van der Waals surface area contributed by atoms with Crippen LogP contribution in [0.3, 0.4) is 0 Å². The van der Waals surface area contributed by atoms with Crippen LogP contribution in [-0.2, 0) is 35.5 Å². The zero-order chi connectivity index (χ0) is 37.1. The van der Waals surface area contributed by atoms with Crippen molar-refractivity contribution in [3.8, 4) is 0 Å². The molecule has 0 saturated carbocycles. The van der Waals surface area contributed by atoms with E-state index in [2.05, 4.69) is 22.0 Å². The molecular weight excluding hydrogens is 673 g/mol. The summed E-state index contributed by atoms with van der Waals surface area (Å²) in [7, 11) is 0. The molecule has 11 heteroatoms. The number of hydrogen-bond acceptors (Lipinski definition) is 5. The Morgan fingerprint density at radius 2 is 1.60 bits per heavy atom. The maximum atomic E-state index is 15.0. The first-order valence-electron chi connectivity index (χ1n) is 18.3. The zero-order valence-electron chi connectivity index (χ0n) is 29.6. The van der Waals surface area contributed by atoms with Gasteiger partial charge < -0.3 is 26.0 Å². The molecule has 3 aliphatic rings. The molecule has 0 radical (unpaired) electrons. The smallest absolute Gasteiger partial charge is 0.408 e. The van der Waals surface area contributed by atoms with Gasteiger partial charge >= 0.3 is 6.09 Å². The van der Waals surface area contributed by atoms with Crippen molar-refractivity contribution in [2.45, 2.75) is 82.3 Å². The number of carboxylic acid groups (broad SMARTS) is 1. The van der Waals surface area contributed by atoms with E-state index in [9.17, 15) is 28.7 Å². The Kier molecular flexibility index (Phi) is 10.5. The Hall–Kier alpha value is -5.55. The molecule has 274 valence electrons. The lowest BCUT2D eigenvalue weighted by Gasteiger charge is -2.35. The Morgan fingerprint density at radius 3 is 2.36 bits per heavy atom. The number of amides is 4. The number of benzene rings is 4. The van der Waals surface area contributed by atoms with Crippen molar-refractivity contribution in [3.05, 3.63) is 142 Å². The van der Waals surface area contributed by atoms with Gasteiger partial charge in [0.1, 0.15) is 11.9 Å². The van der Waals surface area contributed by atoms with E-state index in [0.29, 0.717) is 24.1 Å². The molecule has 7 rings (SSSR count). The third-order valence-electron chi connectivity index (χ3n) is 10.9. The second kappa shape index (κ2) is 15.6. The lowest BCUT2D eigenvalue weighted by molar-refractivity contribution is -0.136. The first-order valence-corrected chi connectivity index (χ1v) is 18.3. The van der Waals surface area contributed by atoms with E-state index in [1.165, 1.54) is 11.6 Å². The largest absolute Gasteiger partial charge is 0.465 e. The van der Waals surface area contributed by atoms with Crippen molar-refractivity contribution in [2.24, 2.45) is 0 Å². The van der Waals surface area contributed by atoms with Crippen molar-refractivity contribution in [1.82, 2.24) is 25.8 Å². The molecule has 1 fully saturated rings. The molecular formula is C42H44FN5O5. The zero-order valence-corrected chi connectivity index (χ0v) is 29.6. The van der Waals surface area contributed by atoms with Gasteiger partial charge in [0, 0.05) is 36.8 Å². The van der Waals surface area contributed by atoms with Gasteiger partial charge in [0.05, 0.1) is 18.1 Å². The third-order valence-corrected chi connectivity index (χ3v) is 10.9. The average Bonchev–Trinajstić information content (AvgIpc) is 3.61. The standard InChI is InChI=1S/C42H44FN5O5/c1-26(33-13-6-7-15-35(33)43)47(41(51)37-21-30-10-2-3-11-31(30)23-44-37)24-27-17-19-29(20-18-27)39(49)45-32-22-38(48(25-32)42(52)53)40(50)46-36-16-8-12-28-9-4-5-14-34(28)36/h2-7,9-11,13-15,17-20,26,32,36-38,44H,8,12,16,21-25H2,1H3,(H,45,49)(H,46,50)(H,52,53)/t26-,32?,36-,37?,38?/m1/s1. The van der Waals surface area contributed by atoms with Crippen molar-refractivity contribution in [2.75, 3.05) is 6.54 Å². The van der Waals surface area contributed by atoms with Gasteiger partial charge in [-0.25, -0.2) is 9.18 Å². The molecule has 5 atom stereocenters. The van der Waals surface area contributed by atoms with E-state index >= 15 is 0 Å². The Balaban J connectivity index is 1.02. The first kappa shape index (κ1) is 35.8. The second-order valence-corrected chi connectivity index (χ2v) is 14.3. The summed E-state index contributed by atoms with van der Waals surface area (Å²) in [5.74, 6) is -1.30. The van der Waals surface area contributed by atoms with Crippen LogP contribution in [0.15, 0.2) is 97.1 Å². The van der Waals surface area contributed by atoms with Crippen molar-refractivity contribution >= 4 is 23.8 Å². The summed E-state index contributed by atoms with van der Waals surface area (Å²) in [4.78, 5) is 55.9. The number of carbonyl (C=O) groups is 4. The number of rotatable bonds is 9. The number of nitrogens with zero attached hydrogens (tertiary/aromatic N) is 2. The summed E-state index contributed by atoms with van der Waals surface area (Å²) in [6.45, 7) is 2.56. The predicted octanol–water partition coefficient (Wildman–Crippen LogP) is 5.67. The fourth-order valence-electron chi connectivity index (χ4n) is 8.02. The van der Waals surface area contributed by atoms with Crippen LogP contribution in [0, 0.1) is 5.82 Å². The van der Waals surface area contributed by atoms with E-state index < -0.39 is 36.2 Å². The number of hydrogen-bond donors (Lipinski definition) is 4. The molecule has 1 saturated heterocycles. The summed E-state index contributed by atoms with van der Waals surface area (Å²) >= 11 is 0. The highest BCUT2D eigenvalue weighted by Gasteiger charge is 2.41. The maximum absolute atomic E-state index is 15.0. The minimum absolute atomic E-state index is 0.0107. The van der Waals surface area contributed by atoms with Gasteiger partial charge in [-0.1, -0.05) is 78.9 Å². The monoisotopic (exact) mass is 717 g/mol.